The normalized spacial score (nSPS) is 13.9. The van der Waals surface area contributed by atoms with E-state index < -0.39 is 84.9 Å². The molecular weight excluding hydrogens is 484 g/mol. The van der Waals surface area contributed by atoms with Crippen molar-refractivity contribution in [2.45, 2.75) is 56.3 Å². The second-order valence-electron chi connectivity index (χ2n) is 7.68. The van der Waals surface area contributed by atoms with E-state index in [2.05, 4.69) is 20.6 Å². The minimum Gasteiger partial charge on any atom is -0.481 e. The zero-order valence-electron chi connectivity index (χ0n) is 18.9. The standard InChI is InChI=1S/C19H28N8O9/c20-9(4-14(22)29)16(32)26-11(3-8-6-23-7-24-8)18(34)25-10(1-2-13(21)28)17(33)27-12(19(35)36)5-15(30)31/h6-7,9-12H,1-5,20H2,(H2,21,28)(H2,22,29)(H,23,24)(H,25,34)(H,26,32)(H,27,33)(H,30,31)(H,35,36). The number of aromatic amines is 1. The molecule has 0 bridgehead atoms. The first kappa shape index (κ1) is 29.5. The van der Waals surface area contributed by atoms with Crippen LogP contribution < -0.4 is 33.2 Å². The predicted molar refractivity (Wildman–Crippen MR) is 118 cm³/mol. The van der Waals surface area contributed by atoms with E-state index in [0.717, 1.165) is 0 Å². The fourth-order valence-electron chi connectivity index (χ4n) is 2.89. The van der Waals surface area contributed by atoms with E-state index >= 15 is 0 Å². The Hall–Kier alpha value is -4.54. The fraction of sp³-hybridized carbons (Fsp3) is 0.474. The first-order valence-electron chi connectivity index (χ1n) is 10.4. The van der Waals surface area contributed by atoms with Crippen molar-refractivity contribution in [2.75, 3.05) is 0 Å². The molecule has 0 spiro atoms. The van der Waals surface area contributed by atoms with Crippen molar-refractivity contribution in [3.05, 3.63) is 18.2 Å². The SMILES string of the molecule is NC(=O)CCC(NC(=O)C(Cc1cnc[nH]1)NC(=O)C(N)CC(N)=O)C(=O)NC(CC(=O)O)C(=O)O. The molecule has 0 saturated carbocycles. The van der Waals surface area contributed by atoms with Gasteiger partial charge >= 0.3 is 11.9 Å². The highest BCUT2D eigenvalue weighted by molar-refractivity contribution is 5.95. The number of carboxylic acids is 2. The van der Waals surface area contributed by atoms with E-state index in [0.29, 0.717) is 5.69 Å². The first-order valence-corrected chi connectivity index (χ1v) is 10.4. The molecule has 17 heteroatoms. The first-order chi connectivity index (χ1) is 16.8. The monoisotopic (exact) mass is 512 g/mol. The fourth-order valence-corrected chi connectivity index (χ4v) is 2.89. The molecule has 0 aromatic carbocycles. The highest BCUT2D eigenvalue weighted by Gasteiger charge is 2.31. The maximum atomic E-state index is 13.0. The number of nitrogens with one attached hydrogen (secondary N) is 4. The van der Waals surface area contributed by atoms with Gasteiger partial charge < -0.3 is 48.3 Å². The molecule has 198 valence electrons. The van der Waals surface area contributed by atoms with Crippen LogP contribution in [0.4, 0.5) is 0 Å². The Labute approximate surface area is 203 Å². The average Bonchev–Trinajstić information content (AvgIpc) is 3.27. The van der Waals surface area contributed by atoms with E-state index in [1.54, 1.807) is 0 Å². The van der Waals surface area contributed by atoms with Gasteiger partial charge in [0.1, 0.15) is 18.1 Å². The van der Waals surface area contributed by atoms with E-state index in [4.69, 9.17) is 27.4 Å². The van der Waals surface area contributed by atoms with Gasteiger partial charge in [-0.1, -0.05) is 0 Å². The molecule has 12 N–H and O–H groups in total. The number of H-pyrrole nitrogens is 1. The number of carbonyl (C=O) groups is 7. The molecule has 0 aliphatic heterocycles. The molecule has 0 aliphatic carbocycles. The molecule has 4 atom stereocenters. The molecule has 4 unspecified atom stereocenters. The molecule has 1 rings (SSSR count). The van der Waals surface area contributed by atoms with Gasteiger partial charge in [-0.15, -0.1) is 0 Å². The van der Waals surface area contributed by atoms with Gasteiger partial charge in [0.2, 0.25) is 29.5 Å². The van der Waals surface area contributed by atoms with Crippen LogP contribution in [0.5, 0.6) is 0 Å². The highest BCUT2D eigenvalue weighted by atomic mass is 16.4. The maximum absolute atomic E-state index is 13.0. The van der Waals surface area contributed by atoms with Crippen molar-refractivity contribution in [1.29, 1.82) is 0 Å². The summed E-state index contributed by atoms with van der Waals surface area (Å²) in [5, 5.41) is 24.6. The van der Waals surface area contributed by atoms with Crippen LogP contribution in [0.25, 0.3) is 0 Å². The number of imidazole rings is 1. The topological polar surface area (TPSA) is 303 Å². The lowest BCUT2D eigenvalue weighted by atomic mass is 10.1. The summed E-state index contributed by atoms with van der Waals surface area (Å²) in [5.41, 5.74) is 16.1. The van der Waals surface area contributed by atoms with Crippen LogP contribution in [0.1, 0.15) is 31.4 Å². The van der Waals surface area contributed by atoms with E-state index in [1.807, 2.05) is 5.32 Å². The number of nitrogens with zero attached hydrogens (tertiary/aromatic N) is 1. The second-order valence-corrected chi connectivity index (χ2v) is 7.68. The van der Waals surface area contributed by atoms with E-state index in [-0.39, 0.29) is 12.8 Å². The number of aromatic nitrogens is 2. The lowest BCUT2D eigenvalue weighted by Gasteiger charge is -2.24. The minimum absolute atomic E-state index is 0.165. The lowest BCUT2D eigenvalue weighted by molar-refractivity contribution is -0.147. The maximum Gasteiger partial charge on any atom is 0.326 e. The van der Waals surface area contributed by atoms with Crippen molar-refractivity contribution in [3.8, 4) is 0 Å². The summed E-state index contributed by atoms with van der Waals surface area (Å²) >= 11 is 0. The van der Waals surface area contributed by atoms with Crippen LogP contribution in [0, 0.1) is 0 Å². The Bertz CT molecular complexity index is 982. The van der Waals surface area contributed by atoms with Gasteiger partial charge in [0, 0.05) is 24.7 Å². The average molecular weight is 512 g/mol. The summed E-state index contributed by atoms with van der Waals surface area (Å²) in [6.07, 6.45) is 0.289. The number of carbonyl (C=O) groups excluding carboxylic acids is 5. The third-order valence-corrected chi connectivity index (χ3v) is 4.68. The summed E-state index contributed by atoms with van der Waals surface area (Å²) in [6, 6.07) is -6.09. The van der Waals surface area contributed by atoms with E-state index in [1.165, 1.54) is 12.5 Å². The summed E-state index contributed by atoms with van der Waals surface area (Å²) in [7, 11) is 0. The van der Waals surface area contributed by atoms with Crippen LogP contribution in [-0.2, 0) is 40.0 Å². The van der Waals surface area contributed by atoms with Crippen molar-refractivity contribution in [3.63, 3.8) is 0 Å². The number of nitrogens with two attached hydrogens (primary N) is 3. The van der Waals surface area contributed by atoms with Crippen molar-refractivity contribution in [2.24, 2.45) is 17.2 Å². The molecule has 0 radical (unpaired) electrons. The number of aliphatic carboxylic acids is 2. The molecule has 0 aliphatic rings. The third kappa shape index (κ3) is 10.6. The molecule has 5 amide bonds. The largest absolute Gasteiger partial charge is 0.481 e. The Kier molecular flexibility index (Phi) is 11.5. The smallest absolute Gasteiger partial charge is 0.326 e. The van der Waals surface area contributed by atoms with Crippen LogP contribution in [-0.4, -0.2) is 85.8 Å². The second kappa shape index (κ2) is 14.0. The van der Waals surface area contributed by atoms with Crippen molar-refractivity contribution >= 4 is 41.5 Å². The Balaban J connectivity index is 3.10. The van der Waals surface area contributed by atoms with Crippen LogP contribution >= 0.6 is 0 Å². The van der Waals surface area contributed by atoms with E-state index in [9.17, 15) is 33.6 Å². The molecule has 0 fully saturated rings. The molecule has 1 aromatic rings. The van der Waals surface area contributed by atoms with Crippen LogP contribution in [0.2, 0.25) is 0 Å². The molecule has 17 nitrogen and oxygen atoms in total. The molecule has 0 saturated heterocycles. The Morgan fingerprint density at radius 2 is 1.44 bits per heavy atom. The lowest BCUT2D eigenvalue weighted by Crippen LogP contribution is -2.58. The summed E-state index contributed by atoms with van der Waals surface area (Å²) in [4.78, 5) is 89.0. The Morgan fingerprint density at radius 3 is 1.94 bits per heavy atom. The molecule has 1 heterocycles. The highest BCUT2D eigenvalue weighted by Crippen LogP contribution is 2.05. The summed E-state index contributed by atoms with van der Waals surface area (Å²) < 4.78 is 0. The number of hydrogen-bond donors (Lipinski definition) is 9. The van der Waals surface area contributed by atoms with Crippen molar-refractivity contribution < 1.29 is 43.8 Å². The van der Waals surface area contributed by atoms with Gasteiger partial charge in [0.25, 0.3) is 0 Å². The number of primary amides is 2. The third-order valence-electron chi connectivity index (χ3n) is 4.68. The summed E-state index contributed by atoms with van der Waals surface area (Å²) in [6.45, 7) is 0. The van der Waals surface area contributed by atoms with Gasteiger partial charge in [0.15, 0.2) is 0 Å². The zero-order chi connectivity index (χ0) is 27.4. The van der Waals surface area contributed by atoms with Gasteiger partial charge in [0.05, 0.1) is 25.2 Å². The minimum atomic E-state index is -1.82. The predicted octanol–water partition coefficient (Wildman–Crippen LogP) is -4.57. The van der Waals surface area contributed by atoms with Crippen molar-refractivity contribution in [1.82, 2.24) is 25.9 Å². The zero-order valence-corrected chi connectivity index (χ0v) is 18.9. The number of rotatable bonds is 16. The molecular formula is C19H28N8O9. The molecule has 1 aromatic heterocycles. The van der Waals surface area contributed by atoms with Crippen LogP contribution in [0.3, 0.4) is 0 Å². The molecule has 36 heavy (non-hydrogen) atoms. The van der Waals surface area contributed by atoms with Gasteiger partial charge in [-0.05, 0) is 6.42 Å². The number of hydrogen-bond acceptors (Lipinski definition) is 9. The van der Waals surface area contributed by atoms with Gasteiger partial charge in [-0.25, -0.2) is 9.78 Å². The Morgan fingerprint density at radius 1 is 0.861 bits per heavy atom. The van der Waals surface area contributed by atoms with Gasteiger partial charge in [-0.3, -0.25) is 28.8 Å². The quantitative estimate of drug-likeness (QED) is 0.101. The van der Waals surface area contributed by atoms with Crippen LogP contribution in [0.15, 0.2) is 12.5 Å². The van der Waals surface area contributed by atoms with Gasteiger partial charge in [-0.2, -0.15) is 0 Å². The number of carboxylic acid groups (broad SMARTS) is 2. The number of amides is 5. The summed E-state index contributed by atoms with van der Waals surface area (Å²) in [5.74, 6) is -7.78.